The molecule has 1 aromatic rings. The minimum Gasteiger partial charge on any atom is -0.493 e. The van der Waals surface area contributed by atoms with Crippen molar-refractivity contribution in [1.82, 2.24) is 4.90 Å². The van der Waals surface area contributed by atoms with Crippen molar-refractivity contribution < 1.29 is 9.53 Å². The molecule has 1 saturated carbocycles. The van der Waals surface area contributed by atoms with Gasteiger partial charge in [0.2, 0.25) is 0 Å². The normalized spacial score (nSPS) is 23.2. The first kappa shape index (κ1) is 15.3. The fourth-order valence-corrected chi connectivity index (χ4v) is 3.00. The number of ether oxygens (including phenoxy) is 1. The van der Waals surface area contributed by atoms with Gasteiger partial charge in [-0.1, -0.05) is 0 Å². The van der Waals surface area contributed by atoms with Gasteiger partial charge >= 0.3 is 0 Å². The quantitative estimate of drug-likeness (QED) is 0.910. The van der Waals surface area contributed by atoms with Gasteiger partial charge < -0.3 is 15.4 Å². The third-order valence-corrected chi connectivity index (χ3v) is 4.77. The Morgan fingerprint density at radius 1 is 1.32 bits per heavy atom. The highest BCUT2D eigenvalue weighted by atomic mass is 16.5. The van der Waals surface area contributed by atoms with Gasteiger partial charge in [-0.15, -0.1) is 0 Å². The summed E-state index contributed by atoms with van der Waals surface area (Å²) in [5.74, 6) is 2.12. The molecule has 2 N–H and O–H groups in total. The summed E-state index contributed by atoms with van der Waals surface area (Å²) in [6.07, 6.45) is 4.73. The number of rotatable bonds is 5. The molecule has 1 aromatic carbocycles. The number of carbonyl (C=O) groups excluding carboxylic acids is 1. The first-order valence-electron chi connectivity index (χ1n) is 8.41. The van der Waals surface area contributed by atoms with Crippen LogP contribution in [0.15, 0.2) is 24.3 Å². The van der Waals surface area contributed by atoms with E-state index in [0.29, 0.717) is 5.92 Å². The Morgan fingerprint density at radius 3 is 2.68 bits per heavy atom. The summed E-state index contributed by atoms with van der Waals surface area (Å²) in [6, 6.07) is 7.71. The Kier molecular flexibility index (Phi) is 4.67. The zero-order chi connectivity index (χ0) is 15.5. The maximum absolute atomic E-state index is 12.6. The van der Waals surface area contributed by atoms with Gasteiger partial charge in [0, 0.05) is 24.7 Å². The number of likely N-dealkylation sites (tertiary alicyclic amines) is 1. The molecule has 3 rings (SSSR count). The molecule has 0 bridgehead atoms. The van der Waals surface area contributed by atoms with Gasteiger partial charge in [-0.05, 0) is 68.7 Å². The molecule has 1 aliphatic carbocycles. The predicted octanol–water partition coefficient (Wildman–Crippen LogP) is 2.67. The average Bonchev–Trinajstić information content (AvgIpc) is 3.37. The molecule has 2 atom stereocenters. The van der Waals surface area contributed by atoms with E-state index >= 15 is 0 Å². The van der Waals surface area contributed by atoms with Gasteiger partial charge in [-0.3, -0.25) is 4.79 Å². The summed E-state index contributed by atoms with van der Waals surface area (Å²) in [5, 5.41) is 0. The molecule has 2 fully saturated rings. The molecule has 1 amide bonds. The molecule has 1 saturated heterocycles. The van der Waals surface area contributed by atoms with Gasteiger partial charge in [-0.25, -0.2) is 0 Å². The maximum Gasteiger partial charge on any atom is 0.253 e. The molecule has 120 valence electrons. The lowest BCUT2D eigenvalue weighted by Gasteiger charge is -2.34. The lowest BCUT2D eigenvalue weighted by atomic mass is 9.92. The fraction of sp³-hybridized carbons (Fsp3) is 0.611. The van der Waals surface area contributed by atoms with E-state index in [1.807, 2.05) is 36.1 Å². The molecule has 0 spiro atoms. The number of nitrogens with zero attached hydrogens (tertiary/aromatic N) is 1. The minimum absolute atomic E-state index is 0.110. The lowest BCUT2D eigenvalue weighted by Crippen LogP contribution is -2.45. The van der Waals surface area contributed by atoms with Crippen molar-refractivity contribution in [2.45, 2.75) is 38.6 Å². The highest BCUT2D eigenvalue weighted by Crippen LogP contribution is 2.29. The third-order valence-electron chi connectivity index (χ3n) is 4.77. The molecule has 2 aliphatic rings. The molecule has 0 aromatic heterocycles. The summed E-state index contributed by atoms with van der Waals surface area (Å²) in [4.78, 5) is 14.5. The molecule has 0 radical (unpaired) electrons. The van der Waals surface area contributed by atoms with Gasteiger partial charge in [0.25, 0.3) is 5.91 Å². The highest BCUT2D eigenvalue weighted by Gasteiger charge is 2.26. The summed E-state index contributed by atoms with van der Waals surface area (Å²) in [7, 11) is 0. The van der Waals surface area contributed by atoms with Crippen molar-refractivity contribution in [2.75, 3.05) is 19.7 Å². The minimum atomic E-state index is 0.110. The second kappa shape index (κ2) is 6.69. The number of hydrogen-bond donors (Lipinski definition) is 1. The Labute approximate surface area is 132 Å². The van der Waals surface area contributed by atoms with Gasteiger partial charge in [0.15, 0.2) is 0 Å². The van der Waals surface area contributed by atoms with Crippen LogP contribution in [0.3, 0.4) is 0 Å². The van der Waals surface area contributed by atoms with Crippen molar-refractivity contribution in [2.24, 2.45) is 17.6 Å². The second-order valence-corrected chi connectivity index (χ2v) is 6.79. The molecule has 4 heteroatoms. The Bertz CT molecular complexity index is 508. The number of amides is 1. The van der Waals surface area contributed by atoms with Crippen molar-refractivity contribution in [3.8, 4) is 5.75 Å². The van der Waals surface area contributed by atoms with E-state index in [9.17, 15) is 4.79 Å². The number of hydrogen-bond acceptors (Lipinski definition) is 3. The highest BCUT2D eigenvalue weighted by molar-refractivity contribution is 5.94. The van der Waals surface area contributed by atoms with Crippen molar-refractivity contribution in [3.05, 3.63) is 29.8 Å². The summed E-state index contributed by atoms with van der Waals surface area (Å²) < 4.78 is 5.72. The second-order valence-electron chi connectivity index (χ2n) is 6.79. The number of piperidine rings is 1. The molecule has 1 aliphatic heterocycles. The smallest absolute Gasteiger partial charge is 0.253 e. The van der Waals surface area contributed by atoms with Crippen molar-refractivity contribution in [1.29, 1.82) is 0 Å². The van der Waals surface area contributed by atoms with E-state index in [2.05, 4.69) is 0 Å². The van der Waals surface area contributed by atoms with E-state index in [0.717, 1.165) is 49.8 Å². The largest absolute Gasteiger partial charge is 0.493 e. The fourth-order valence-electron chi connectivity index (χ4n) is 3.00. The van der Waals surface area contributed by atoms with Gasteiger partial charge in [-0.2, -0.15) is 0 Å². The summed E-state index contributed by atoms with van der Waals surface area (Å²) in [5.41, 5.74) is 6.74. The Hall–Kier alpha value is -1.55. The molecular weight excluding hydrogens is 276 g/mol. The van der Waals surface area contributed by atoms with Crippen LogP contribution in [0.25, 0.3) is 0 Å². The van der Waals surface area contributed by atoms with E-state index < -0.39 is 0 Å². The third kappa shape index (κ3) is 3.80. The van der Waals surface area contributed by atoms with Crippen molar-refractivity contribution >= 4 is 5.91 Å². The molecular formula is C18H26N2O2. The van der Waals surface area contributed by atoms with E-state index in [-0.39, 0.29) is 11.9 Å². The van der Waals surface area contributed by atoms with Crippen LogP contribution in [0.1, 0.15) is 43.0 Å². The number of benzene rings is 1. The monoisotopic (exact) mass is 302 g/mol. The van der Waals surface area contributed by atoms with Crippen LogP contribution < -0.4 is 10.5 Å². The molecule has 4 nitrogen and oxygen atoms in total. The van der Waals surface area contributed by atoms with Gasteiger partial charge in [0.05, 0.1) is 6.61 Å². The molecule has 22 heavy (non-hydrogen) atoms. The topological polar surface area (TPSA) is 55.6 Å². The van der Waals surface area contributed by atoms with Crippen LogP contribution in [0, 0.1) is 11.8 Å². The van der Waals surface area contributed by atoms with Crippen LogP contribution >= 0.6 is 0 Å². The first-order chi connectivity index (χ1) is 10.6. The van der Waals surface area contributed by atoms with Crippen molar-refractivity contribution in [3.63, 3.8) is 0 Å². The lowest BCUT2D eigenvalue weighted by molar-refractivity contribution is 0.0661. The maximum atomic E-state index is 12.6. The number of carbonyl (C=O) groups is 1. The van der Waals surface area contributed by atoms with Crippen LogP contribution in [-0.2, 0) is 0 Å². The zero-order valence-electron chi connectivity index (χ0n) is 13.3. The molecule has 1 heterocycles. The molecule has 2 unspecified atom stereocenters. The van der Waals surface area contributed by atoms with Crippen LogP contribution in [-0.4, -0.2) is 36.5 Å². The van der Waals surface area contributed by atoms with Crippen LogP contribution in [0.4, 0.5) is 0 Å². The average molecular weight is 302 g/mol. The van der Waals surface area contributed by atoms with E-state index in [1.54, 1.807) is 0 Å². The summed E-state index contributed by atoms with van der Waals surface area (Å²) in [6.45, 7) is 4.44. The summed E-state index contributed by atoms with van der Waals surface area (Å²) >= 11 is 0. The zero-order valence-corrected chi connectivity index (χ0v) is 13.3. The van der Waals surface area contributed by atoms with Crippen LogP contribution in [0.5, 0.6) is 5.75 Å². The van der Waals surface area contributed by atoms with E-state index in [1.165, 1.54) is 12.8 Å². The standard InChI is InChI=1S/C18H26N2O2/c1-13(19)16-3-2-10-20(11-16)18(21)15-6-8-17(9-7-15)22-12-14-4-5-14/h6-9,13-14,16H,2-5,10-12,19H2,1H3. The van der Waals surface area contributed by atoms with E-state index in [4.69, 9.17) is 10.5 Å². The Balaban J connectivity index is 1.58. The Morgan fingerprint density at radius 2 is 2.05 bits per heavy atom. The first-order valence-corrected chi connectivity index (χ1v) is 8.41. The predicted molar refractivity (Wildman–Crippen MR) is 86.9 cm³/mol. The van der Waals surface area contributed by atoms with Gasteiger partial charge in [0.1, 0.15) is 5.75 Å². The SMILES string of the molecule is CC(N)C1CCCN(C(=O)c2ccc(OCC3CC3)cc2)C1. The number of nitrogens with two attached hydrogens (primary N) is 1. The van der Waals surface area contributed by atoms with Crippen LogP contribution in [0.2, 0.25) is 0 Å².